The van der Waals surface area contributed by atoms with Gasteiger partial charge in [-0.05, 0) is 28.7 Å². The van der Waals surface area contributed by atoms with Crippen molar-refractivity contribution in [2.24, 2.45) is 0 Å². The van der Waals surface area contributed by atoms with Gasteiger partial charge in [-0.1, -0.05) is 0 Å². The van der Waals surface area contributed by atoms with Crippen LogP contribution in [0.5, 0.6) is 5.75 Å². The molecule has 1 aromatic heterocycles. The first-order valence-electron chi connectivity index (χ1n) is 2.82. The van der Waals surface area contributed by atoms with Crippen LogP contribution in [0.2, 0.25) is 0 Å². The molecule has 1 aromatic rings. The first-order valence-corrected chi connectivity index (χ1v) is 3.89. The van der Waals surface area contributed by atoms with E-state index < -0.39 is 7.12 Å². The van der Waals surface area contributed by atoms with E-state index >= 15 is 0 Å². The summed E-state index contributed by atoms with van der Waals surface area (Å²) in [6, 6.07) is 1.26. The number of aromatic hydroxyl groups is 1. The number of rotatable bonds is 1. The molecule has 1 heterocycles. The van der Waals surface area contributed by atoms with Crippen molar-refractivity contribution in [2.75, 3.05) is 0 Å². The van der Waals surface area contributed by atoms with Crippen molar-refractivity contribution in [1.82, 2.24) is 4.98 Å². The van der Waals surface area contributed by atoms with Crippen molar-refractivity contribution >= 4 is 35.2 Å². The molecular formula is C5H5BINO3. The van der Waals surface area contributed by atoms with Crippen LogP contribution in [0.1, 0.15) is 0 Å². The zero-order valence-electron chi connectivity index (χ0n) is 5.40. The average Bonchev–Trinajstić information content (AvgIpc) is 1.94. The molecule has 0 aliphatic heterocycles. The van der Waals surface area contributed by atoms with Gasteiger partial charge in [-0.2, -0.15) is 0 Å². The van der Waals surface area contributed by atoms with Crippen molar-refractivity contribution in [3.63, 3.8) is 0 Å². The Morgan fingerprint density at radius 3 is 2.55 bits per heavy atom. The Hall–Kier alpha value is -0.335. The molecule has 0 bridgehead atoms. The van der Waals surface area contributed by atoms with Crippen molar-refractivity contribution < 1.29 is 15.2 Å². The molecule has 4 nitrogen and oxygen atoms in total. The molecule has 0 unspecified atom stereocenters. The number of aromatic nitrogens is 1. The van der Waals surface area contributed by atoms with Crippen molar-refractivity contribution in [2.45, 2.75) is 0 Å². The van der Waals surface area contributed by atoms with Gasteiger partial charge in [0.25, 0.3) is 0 Å². The van der Waals surface area contributed by atoms with E-state index in [4.69, 9.17) is 15.2 Å². The Morgan fingerprint density at radius 2 is 2.09 bits per heavy atom. The lowest BCUT2D eigenvalue weighted by Crippen LogP contribution is -2.30. The Morgan fingerprint density at radius 1 is 1.45 bits per heavy atom. The van der Waals surface area contributed by atoms with Crippen LogP contribution >= 0.6 is 22.6 Å². The summed E-state index contributed by atoms with van der Waals surface area (Å²) in [6.45, 7) is 0. The van der Waals surface area contributed by atoms with Crippen molar-refractivity contribution in [3.05, 3.63) is 16.0 Å². The highest BCUT2D eigenvalue weighted by molar-refractivity contribution is 14.1. The zero-order valence-corrected chi connectivity index (χ0v) is 7.56. The summed E-state index contributed by atoms with van der Waals surface area (Å²) in [5.41, 5.74) is 0.183. The first kappa shape index (κ1) is 8.76. The fourth-order valence-corrected chi connectivity index (χ4v) is 0.888. The van der Waals surface area contributed by atoms with E-state index in [-0.39, 0.29) is 11.2 Å². The van der Waals surface area contributed by atoms with Gasteiger partial charge >= 0.3 is 7.12 Å². The van der Waals surface area contributed by atoms with Crippen LogP contribution in [0.4, 0.5) is 0 Å². The minimum Gasteiger partial charge on any atom is -0.505 e. The molecule has 0 spiro atoms. The maximum absolute atomic E-state index is 9.06. The fraction of sp³-hybridized carbons (Fsp3) is 0. The molecule has 58 valence electrons. The third kappa shape index (κ3) is 2.04. The van der Waals surface area contributed by atoms with Gasteiger partial charge in [-0.3, -0.25) is 0 Å². The van der Waals surface area contributed by atoms with E-state index in [9.17, 15) is 0 Å². The molecule has 0 aliphatic carbocycles. The molecule has 0 aromatic carbocycles. The number of hydrogen-bond donors (Lipinski definition) is 3. The number of hydrogen-bond acceptors (Lipinski definition) is 4. The SMILES string of the molecule is OB(O)c1cnc(I)c(O)c1. The van der Waals surface area contributed by atoms with Gasteiger partial charge in [-0.25, -0.2) is 4.98 Å². The lowest BCUT2D eigenvalue weighted by molar-refractivity contribution is 0.424. The van der Waals surface area contributed by atoms with Crippen LogP contribution in [0.25, 0.3) is 0 Å². The summed E-state index contributed by atoms with van der Waals surface area (Å²) in [7, 11) is -1.58. The Kier molecular flexibility index (Phi) is 2.69. The molecule has 1 rings (SSSR count). The summed E-state index contributed by atoms with van der Waals surface area (Å²) < 4.78 is 0.437. The quantitative estimate of drug-likeness (QED) is 0.348. The first-order chi connectivity index (χ1) is 5.11. The normalized spacial score (nSPS) is 9.73. The molecule has 0 atom stereocenters. The second-order valence-electron chi connectivity index (χ2n) is 1.95. The molecular weight excluding hydrogens is 260 g/mol. The van der Waals surface area contributed by atoms with Crippen LogP contribution in [-0.4, -0.2) is 27.3 Å². The summed E-state index contributed by atoms with van der Waals surface area (Å²) in [5.74, 6) is -0.0452. The number of nitrogens with zero attached hydrogens (tertiary/aromatic N) is 1. The van der Waals surface area contributed by atoms with E-state index in [1.807, 2.05) is 22.6 Å². The highest BCUT2D eigenvalue weighted by Crippen LogP contribution is 2.13. The summed E-state index contributed by atoms with van der Waals surface area (Å²) >= 11 is 1.84. The highest BCUT2D eigenvalue weighted by Gasteiger charge is 2.12. The maximum atomic E-state index is 9.06. The molecule has 0 amide bonds. The third-order valence-corrected chi connectivity index (χ3v) is 1.97. The van der Waals surface area contributed by atoms with E-state index in [0.29, 0.717) is 3.70 Å². The maximum Gasteiger partial charge on any atom is 0.490 e. The minimum absolute atomic E-state index is 0.0452. The molecule has 3 N–H and O–H groups in total. The summed E-state index contributed by atoms with van der Waals surface area (Å²) in [5, 5.41) is 26.3. The van der Waals surface area contributed by atoms with E-state index in [1.165, 1.54) is 12.3 Å². The standard InChI is InChI=1S/C5H5BINO3/c7-5-4(9)1-3(2-8-5)6(10)11/h1-2,9-11H. The fourth-order valence-electron chi connectivity index (χ4n) is 0.593. The second-order valence-corrected chi connectivity index (χ2v) is 2.97. The number of halogens is 1. The topological polar surface area (TPSA) is 73.6 Å². The van der Waals surface area contributed by atoms with Gasteiger partial charge in [0.1, 0.15) is 9.45 Å². The van der Waals surface area contributed by atoms with Gasteiger partial charge in [0, 0.05) is 11.7 Å². The van der Waals surface area contributed by atoms with Crippen LogP contribution in [0.15, 0.2) is 12.3 Å². The number of pyridine rings is 1. The Bertz CT molecular complexity index is 268. The summed E-state index contributed by atoms with van der Waals surface area (Å²) in [6.07, 6.45) is 1.30. The van der Waals surface area contributed by atoms with Crippen LogP contribution in [0, 0.1) is 3.70 Å². The van der Waals surface area contributed by atoms with Gasteiger partial charge in [0.2, 0.25) is 0 Å². The van der Waals surface area contributed by atoms with E-state index in [1.54, 1.807) is 0 Å². The smallest absolute Gasteiger partial charge is 0.490 e. The predicted molar refractivity (Wildman–Crippen MR) is 48.4 cm³/mol. The molecule has 0 fully saturated rings. The average molecular weight is 265 g/mol. The Labute approximate surface area is 77.2 Å². The molecule has 11 heavy (non-hydrogen) atoms. The lowest BCUT2D eigenvalue weighted by Gasteiger charge is -1.99. The molecule has 6 heteroatoms. The monoisotopic (exact) mass is 265 g/mol. The lowest BCUT2D eigenvalue weighted by atomic mass is 9.82. The minimum atomic E-state index is -1.58. The van der Waals surface area contributed by atoms with Gasteiger partial charge in [0.05, 0.1) is 0 Å². The third-order valence-electron chi connectivity index (χ3n) is 1.14. The molecule has 0 saturated heterocycles. The van der Waals surface area contributed by atoms with Gasteiger partial charge < -0.3 is 15.2 Å². The summed E-state index contributed by atoms with van der Waals surface area (Å²) in [4.78, 5) is 3.72. The van der Waals surface area contributed by atoms with Crippen LogP contribution in [0.3, 0.4) is 0 Å². The van der Waals surface area contributed by atoms with E-state index in [0.717, 1.165) is 0 Å². The van der Waals surface area contributed by atoms with E-state index in [2.05, 4.69) is 4.98 Å². The van der Waals surface area contributed by atoms with Crippen molar-refractivity contribution in [3.8, 4) is 5.75 Å². The van der Waals surface area contributed by atoms with Crippen molar-refractivity contribution in [1.29, 1.82) is 0 Å². The van der Waals surface area contributed by atoms with Gasteiger partial charge in [-0.15, -0.1) is 0 Å². The largest absolute Gasteiger partial charge is 0.505 e. The predicted octanol–water partition coefficient (Wildman–Crippen LogP) is -0.928. The molecule has 0 saturated carbocycles. The Balaban J connectivity index is 3.05. The molecule has 0 radical (unpaired) electrons. The van der Waals surface area contributed by atoms with Crippen LogP contribution in [-0.2, 0) is 0 Å². The second kappa shape index (κ2) is 3.37. The molecule has 0 aliphatic rings. The van der Waals surface area contributed by atoms with Gasteiger partial charge in [0.15, 0.2) is 0 Å². The zero-order chi connectivity index (χ0) is 8.43. The highest BCUT2D eigenvalue weighted by atomic mass is 127. The van der Waals surface area contributed by atoms with Crippen LogP contribution < -0.4 is 5.46 Å².